The van der Waals surface area contributed by atoms with Gasteiger partial charge in [0.1, 0.15) is 0 Å². The molecule has 9 nitrogen and oxygen atoms in total. The topological polar surface area (TPSA) is 97.6 Å². The Labute approximate surface area is 161 Å². The summed E-state index contributed by atoms with van der Waals surface area (Å²) in [6.07, 6.45) is 3.44. The quantitative estimate of drug-likeness (QED) is 0.583. The molecule has 140 valence electrons. The molecule has 5 rings (SSSR count). The molecule has 0 saturated carbocycles. The number of pyridine rings is 1. The van der Waals surface area contributed by atoms with Crippen molar-refractivity contribution in [2.45, 2.75) is 0 Å². The minimum atomic E-state index is 0.579. The number of hydrogen-bond donors (Lipinski definition) is 1. The molecule has 0 unspecified atom stereocenters. The molecule has 1 aliphatic heterocycles. The first-order chi connectivity index (χ1) is 13.9. The average molecular weight is 374 g/mol. The zero-order valence-corrected chi connectivity index (χ0v) is 15.1. The van der Waals surface area contributed by atoms with Gasteiger partial charge in [-0.25, -0.2) is 4.98 Å². The van der Waals surface area contributed by atoms with Crippen LogP contribution in [-0.2, 0) is 4.74 Å². The summed E-state index contributed by atoms with van der Waals surface area (Å²) in [7, 11) is 0. The zero-order valence-electron chi connectivity index (χ0n) is 15.1. The molecule has 1 N–H and O–H groups in total. The summed E-state index contributed by atoms with van der Waals surface area (Å²) in [5.74, 6) is 1.94. The average Bonchev–Trinajstić information content (AvgIpc) is 3.43. The lowest BCUT2D eigenvalue weighted by Gasteiger charge is -2.26. The van der Waals surface area contributed by atoms with Crippen LogP contribution in [0.4, 0.5) is 5.82 Å². The maximum absolute atomic E-state index is 5.48. The molecule has 0 spiro atoms. The SMILES string of the molecule is c1ccc(-n2nc(-c3nc(-c4ccncc4)n[nH]3)c(N3CCOCC3)n2)cc1. The van der Waals surface area contributed by atoms with Gasteiger partial charge in [-0.15, -0.1) is 15.0 Å². The van der Waals surface area contributed by atoms with E-state index in [-0.39, 0.29) is 0 Å². The summed E-state index contributed by atoms with van der Waals surface area (Å²) in [6, 6.07) is 13.6. The molecule has 0 bridgehead atoms. The van der Waals surface area contributed by atoms with Crippen LogP contribution < -0.4 is 4.90 Å². The van der Waals surface area contributed by atoms with Gasteiger partial charge in [-0.3, -0.25) is 10.1 Å². The van der Waals surface area contributed by atoms with E-state index >= 15 is 0 Å². The van der Waals surface area contributed by atoms with E-state index in [0.29, 0.717) is 30.6 Å². The number of nitrogens with one attached hydrogen (secondary N) is 1. The molecular formula is C19H18N8O. The number of aromatic nitrogens is 7. The van der Waals surface area contributed by atoms with Crippen LogP contribution in [0.3, 0.4) is 0 Å². The monoisotopic (exact) mass is 374 g/mol. The van der Waals surface area contributed by atoms with E-state index < -0.39 is 0 Å². The van der Waals surface area contributed by atoms with Gasteiger partial charge in [-0.1, -0.05) is 18.2 Å². The number of aromatic amines is 1. The Morgan fingerprint density at radius 1 is 0.929 bits per heavy atom. The van der Waals surface area contributed by atoms with Crippen LogP contribution in [0.1, 0.15) is 0 Å². The minimum Gasteiger partial charge on any atom is -0.378 e. The van der Waals surface area contributed by atoms with Crippen molar-refractivity contribution in [3.8, 4) is 28.6 Å². The number of benzene rings is 1. The Hall–Kier alpha value is -3.59. The van der Waals surface area contributed by atoms with E-state index in [1.807, 2.05) is 42.5 Å². The predicted octanol–water partition coefficient (Wildman–Crippen LogP) is 1.95. The lowest BCUT2D eigenvalue weighted by Crippen LogP contribution is -2.36. The van der Waals surface area contributed by atoms with Gasteiger partial charge in [0.15, 0.2) is 23.2 Å². The normalized spacial score (nSPS) is 14.4. The van der Waals surface area contributed by atoms with Crippen LogP contribution in [0, 0.1) is 0 Å². The van der Waals surface area contributed by atoms with Gasteiger partial charge in [-0.2, -0.15) is 5.10 Å². The molecule has 4 heterocycles. The number of nitrogens with zero attached hydrogens (tertiary/aromatic N) is 7. The Bertz CT molecular complexity index is 1050. The molecule has 0 radical (unpaired) electrons. The molecule has 1 aliphatic rings. The fraction of sp³-hybridized carbons (Fsp3) is 0.211. The Morgan fingerprint density at radius 2 is 1.71 bits per heavy atom. The first kappa shape index (κ1) is 16.6. The third-order valence-electron chi connectivity index (χ3n) is 4.54. The standard InChI is InChI=1S/C19H18N8O/c1-2-4-15(5-3-1)27-24-16(19(25-27)26-10-12-28-13-11-26)18-21-17(22-23-18)14-6-8-20-9-7-14/h1-9H,10-13H2,(H,21,22,23). The van der Waals surface area contributed by atoms with Crippen molar-refractivity contribution in [3.05, 3.63) is 54.9 Å². The summed E-state index contributed by atoms with van der Waals surface area (Å²) in [4.78, 5) is 12.5. The Morgan fingerprint density at radius 3 is 2.50 bits per heavy atom. The Balaban J connectivity index is 1.57. The third-order valence-corrected chi connectivity index (χ3v) is 4.54. The van der Waals surface area contributed by atoms with E-state index in [9.17, 15) is 0 Å². The molecular weight excluding hydrogens is 356 g/mol. The highest BCUT2D eigenvalue weighted by atomic mass is 16.5. The molecule has 28 heavy (non-hydrogen) atoms. The highest BCUT2D eigenvalue weighted by Gasteiger charge is 2.24. The number of rotatable bonds is 4. The second kappa shape index (κ2) is 7.20. The van der Waals surface area contributed by atoms with Crippen molar-refractivity contribution in [2.24, 2.45) is 0 Å². The summed E-state index contributed by atoms with van der Waals surface area (Å²) in [5, 5.41) is 16.8. The van der Waals surface area contributed by atoms with Gasteiger partial charge < -0.3 is 9.64 Å². The Kier molecular flexibility index (Phi) is 4.26. The van der Waals surface area contributed by atoms with Gasteiger partial charge in [-0.05, 0) is 24.3 Å². The maximum Gasteiger partial charge on any atom is 0.183 e. The van der Waals surface area contributed by atoms with Crippen molar-refractivity contribution < 1.29 is 4.74 Å². The largest absolute Gasteiger partial charge is 0.378 e. The second-order valence-electron chi connectivity index (χ2n) is 6.34. The molecule has 4 aromatic rings. The first-order valence-corrected chi connectivity index (χ1v) is 9.07. The van der Waals surface area contributed by atoms with E-state index in [1.54, 1.807) is 17.2 Å². The molecule has 0 amide bonds. The van der Waals surface area contributed by atoms with Gasteiger partial charge in [0, 0.05) is 31.0 Å². The van der Waals surface area contributed by atoms with Crippen molar-refractivity contribution >= 4 is 5.82 Å². The molecule has 1 fully saturated rings. The molecule has 1 saturated heterocycles. The van der Waals surface area contributed by atoms with E-state index in [1.165, 1.54) is 0 Å². The molecule has 9 heteroatoms. The smallest absolute Gasteiger partial charge is 0.183 e. The van der Waals surface area contributed by atoms with Crippen LogP contribution in [0.25, 0.3) is 28.6 Å². The summed E-state index contributed by atoms with van der Waals surface area (Å²) in [6.45, 7) is 2.84. The minimum absolute atomic E-state index is 0.579. The highest BCUT2D eigenvalue weighted by Crippen LogP contribution is 2.28. The predicted molar refractivity (Wildman–Crippen MR) is 103 cm³/mol. The van der Waals surface area contributed by atoms with Gasteiger partial charge in [0.25, 0.3) is 0 Å². The highest BCUT2D eigenvalue weighted by molar-refractivity contribution is 5.68. The van der Waals surface area contributed by atoms with Crippen LogP contribution >= 0.6 is 0 Å². The molecule has 0 atom stereocenters. The van der Waals surface area contributed by atoms with E-state index in [4.69, 9.17) is 14.9 Å². The van der Waals surface area contributed by atoms with Crippen molar-refractivity contribution in [1.29, 1.82) is 0 Å². The number of anilines is 1. The van der Waals surface area contributed by atoms with Crippen molar-refractivity contribution in [1.82, 2.24) is 35.2 Å². The van der Waals surface area contributed by atoms with Crippen molar-refractivity contribution in [2.75, 3.05) is 31.2 Å². The molecule has 1 aromatic carbocycles. The van der Waals surface area contributed by atoms with Crippen molar-refractivity contribution in [3.63, 3.8) is 0 Å². The third kappa shape index (κ3) is 3.12. The maximum atomic E-state index is 5.48. The van der Waals surface area contributed by atoms with Crippen LogP contribution in [0.2, 0.25) is 0 Å². The van der Waals surface area contributed by atoms with Crippen LogP contribution in [-0.4, -0.2) is 61.5 Å². The van der Waals surface area contributed by atoms with Crippen LogP contribution in [0.5, 0.6) is 0 Å². The zero-order chi connectivity index (χ0) is 18.8. The number of hydrogen-bond acceptors (Lipinski definition) is 7. The lowest BCUT2D eigenvalue weighted by molar-refractivity contribution is 0.122. The van der Waals surface area contributed by atoms with Gasteiger partial charge >= 0.3 is 0 Å². The number of morpholine rings is 1. The van der Waals surface area contributed by atoms with Gasteiger partial charge in [0.05, 0.1) is 18.9 Å². The number of ether oxygens (including phenoxy) is 1. The van der Waals surface area contributed by atoms with Gasteiger partial charge in [0.2, 0.25) is 0 Å². The summed E-state index contributed by atoms with van der Waals surface area (Å²) < 4.78 is 5.48. The number of H-pyrrole nitrogens is 1. The number of para-hydroxylation sites is 1. The first-order valence-electron chi connectivity index (χ1n) is 9.07. The second-order valence-corrected chi connectivity index (χ2v) is 6.34. The molecule has 0 aliphatic carbocycles. The fourth-order valence-electron chi connectivity index (χ4n) is 3.11. The van der Waals surface area contributed by atoms with E-state index in [0.717, 1.165) is 30.2 Å². The lowest BCUT2D eigenvalue weighted by atomic mass is 10.2. The molecule has 3 aromatic heterocycles. The van der Waals surface area contributed by atoms with Crippen LogP contribution in [0.15, 0.2) is 54.9 Å². The van der Waals surface area contributed by atoms with E-state index in [2.05, 4.69) is 25.1 Å². The fourth-order valence-corrected chi connectivity index (χ4v) is 3.11. The summed E-state index contributed by atoms with van der Waals surface area (Å²) >= 11 is 0. The summed E-state index contributed by atoms with van der Waals surface area (Å²) in [5.41, 5.74) is 2.44.